The fourth-order valence-corrected chi connectivity index (χ4v) is 3.43. The quantitative estimate of drug-likeness (QED) is 0.913. The molecule has 24 heavy (non-hydrogen) atoms. The molecule has 0 spiro atoms. The molecule has 0 aliphatic heterocycles. The maximum atomic E-state index is 14.5. The van der Waals surface area contributed by atoms with Crippen LogP contribution in [-0.4, -0.2) is 23.6 Å². The fourth-order valence-electron chi connectivity index (χ4n) is 3.43. The molecule has 2 aromatic rings. The second kappa shape index (κ2) is 7.07. The lowest BCUT2D eigenvalue weighted by atomic mass is 9.94. The number of hydrogen-bond acceptors (Lipinski definition) is 2. The fraction of sp³-hybridized carbons (Fsp3) is 0.421. The van der Waals surface area contributed by atoms with E-state index in [1.54, 1.807) is 42.1 Å². The molecular weight excluding hydrogens is 305 g/mol. The van der Waals surface area contributed by atoms with E-state index in [1.165, 1.54) is 25.3 Å². The molecule has 1 N–H and O–H groups in total. The van der Waals surface area contributed by atoms with Crippen LogP contribution < -0.4 is 10.2 Å². The lowest BCUT2D eigenvalue weighted by Crippen LogP contribution is -2.33. The van der Waals surface area contributed by atoms with Crippen LogP contribution >= 0.6 is 0 Å². The van der Waals surface area contributed by atoms with Gasteiger partial charge in [0.1, 0.15) is 11.5 Å². The van der Waals surface area contributed by atoms with Gasteiger partial charge in [-0.25, -0.2) is 4.39 Å². The molecule has 3 rings (SSSR count). The van der Waals surface area contributed by atoms with Gasteiger partial charge in [-0.1, -0.05) is 19.3 Å². The maximum Gasteiger partial charge on any atom is 0.272 e. The first kappa shape index (κ1) is 16.6. The van der Waals surface area contributed by atoms with Crippen molar-refractivity contribution in [3.63, 3.8) is 0 Å². The molecule has 0 radical (unpaired) electrons. The first-order valence-corrected chi connectivity index (χ1v) is 8.51. The van der Waals surface area contributed by atoms with Gasteiger partial charge in [0, 0.05) is 32.0 Å². The third kappa shape index (κ3) is 3.45. The minimum absolute atomic E-state index is 0.240. The predicted octanol–water partition coefficient (Wildman–Crippen LogP) is 4.19. The van der Waals surface area contributed by atoms with E-state index in [2.05, 4.69) is 5.32 Å². The minimum Gasteiger partial charge on any atom is -0.369 e. The molecule has 1 aromatic heterocycles. The normalized spacial score (nSPS) is 15.3. The summed E-state index contributed by atoms with van der Waals surface area (Å²) in [6, 6.07) is 8.85. The molecule has 1 aliphatic rings. The first-order chi connectivity index (χ1) is 11.6. The zero-order chi connectivity index (χ0) is 17.1. The van der Waals surface area contributed by atoms with Crippen LogP contribution in [0.15, 0.2) is 36.5 Å². The summed E-state index contributed by atoms with van der Waals surface area (Å²) in [5.74, 6) is -0.539. The van der Waals surface area contributed by atoms with Gasteiger partial charge in [0.15, 0.2) is 0 Å². The standard InChI is InChI=1S/C19H24FN3O/c1-22-12-6-9-18(22)19(24)21-14-10-11-17(16(20)13-14)23(2)15-7-4-3-5-8-15/h6,9-13,15H,3-5,7-8H2,1-2H3,(H,21,24). The van der Waals surface area contributed by atoms with Crippen molar-refractivity contribution >= 4 is 17.3 Å². The highest BCUT2D eigenvalue weighted by Gasteiger charge is 2.21. The molecule has 1 heterocycles. The van der Waals surface area contributed by atoms with Crippen LogP contribution in [0, 0.1) is 5.82 Å². The van der Waals surface area contributed by atoms with E-state index in [9.17, 15) is 9.18 Å². The number of nitrogens with one attached hydrogen (secondary N) is 1. The largest absolute Gasteiger partial charge is 0.369 e. The number of benzene rings is 1. The van der Waals surface area contributed by atoms with Crippen molar-refractivity contribution in [2.24, 2.45) is 7.05 Å². The Hall–Kier alpha value is -2.30. The Bertz CT molecular complexity index is 719. The van der Waals surface area contributed by atoms with Crippen LogP contribution in [0.1, 0.15) is 42.6 Å². The van der Waals surface area contributed by atoms with Crippen molar-refractivity contribution in [3.8, 4) is 0 Å². The van der Waals surface area contributed by atoms with E-state index >= 15 is 0 Å². The van der Waals surface area contributed by atoms with Gasteiger partial charge in [-0.2, -0.15) is 0 Å². The van der Waals surface area contributed by atoms with Gasteiger partial charge in [-0.05, 0) is 43.2 Å². The molecule has 1 saturated carbocycles. The second-order valence-corrected chi connectivity index (χ2v) is 6.53. The third-order valence-corrected chi connectivity index (χ3v) is 4.88. The van der Waals surface area contributed by atoms with Crippen LogP contribution in [0.4, 0.5) is 15.8 Å². The van der Waals surface area contributed by atoms with Crippen LogP contribution in [0.2, 0.25) is 0 Å². The summed E-state index contributed by atoms with van der Waals surface area (Å²) in [4.78, 5) is 14.2. The maximum absolute atomic E-state index is 14.5. The smallest absolute Gasteiger partial charge is 0.272 e. The highest BCUT2D eigenvalue weighted by Crippen LogP contribution is 2.29. The van der Waals surface area contributed by atoms with E-state index in [0.717, 1.165) is 12.8 Å². The van der Waals surface area contributed by atoms with Gasteiger partial charge in [0.25, 0.3) is 5.91 Å². The van der Waals surface area contributed by atoms with Gasteiger partial charge >= 0.3 is 0 Å². The average molecular weight is 329 g/mol. The lowest BCUT2D eigenvalue weighted by molar-refractivity contribution is 0.101. The molecular formula is C19H24FN3O. The molecule has 5 heteroatoms. The van der Waals surface area contributed by atoms with Crippen LogP contribution in [0.25, 0.3) is 0 Å². The van der Waals surface area contributed by atoms with Gasteiger partial charge in [0.2, 0.25) is 0 Å². The Balaban J connectivity index is 1.72. The second-order valence-electron chi connectivity index (χ2n) is 6.53. The Morgan fingerprint density at radius 2 is 2.00 bits per heavy atom. The molecule has 0 saturated heterocycles. The molecule has 0 atom stereocenters. The highest BCUT2D eigenvalue weighted by molar-refractivity contribution is 6.03. The Labute approximate surface area is 142 Å². The van der Waals surface area contributed by atoms with E-state index in [0.29, 0.717) is 23.1 Å². The topological polar surface area (TPSA) is 37.3 Å². The number of hydrogen-bond donors (Lipinski definition) is 1. The number of rotatable bonds is 4. The summed E-state index contributed by atoms with van der Waals surface area (Å²) < 4.78 is 16.3. The number of nitrogens with zero attached hydrogens (tertiary/aromatic N) is 2. The predicted molar refractivity (Wildman–Crippen MR) is 95.0 cm³/mol. The summed E-state index contributed by atoms with van der Waals surface area (Å²) in [5, 5.41) is 2.75. The Kier molecular flexibility index (Phi) is 4.88. The van der Waals surface area contributed by atoms with E-state index in [1.807, 2.05) is 11.9 Å². The lowest BCUT2D eigenvalue weighted by Gasteiger charge is -2.33. The van der Waals surface area contributed by atoms with Gasteiger partial charge in [-0.15, -0.1) is 0 Å². The number of aryl methyl sites for hydroxylation is 1. The molecule has 0 unspecified atom stereocenters. The number of halogens is 1. The average Bonchev–Trinajstić information content (AvgIpc) is 3.01. The van der Waals surface area contributed by atoms with Crippen molar-refractivity contribution in [2.75, 3.05) is 17.3 Å². The summed E-state index contributed by atoms with van der Waals surface area (Å²) in [5.41, 5.74) is 1.61. The molecule has 1 amide bonds. The molecule has 128 valence electrons. The number of carbonyl (C=O) groups is 1. The van der Waals surface area contributed by atoms with Gasteiger partial charge in [0.05, 0.1) is 5.69 Å². The van der Waals surface area contributed by atoms with Crippen molar-refractivity contribution < 1.29 is 9.18 Å². The van der Waals surface area contributed by atoms with E-state index in [4.69, 9.17) is 0 Å². The third-order valence-electron chi connectivity index (χ3n) is 4.88. The minimum atomic E-state index is -0.298. The van der Waals surface area contributed by atoms with Gasteiger partial charge < -0.3 is 14.8 Å². The molecule has 1 aromatic carbocycles. The van der Waals surface area contributed by atoms with Gasteiger partial charge in [-0.3, -0.25) is 4.79 Å². The van der Waals surface area contributed by atoms with Crippen LogP contribution in [0.5, 0.6) is 0 Å². The zero-order valence-electron chi connectivity index (χ0n) is 14.3. The van der Waals surface area contributed by atoms with E-state index in [-0.39, 0.29) is 11.7 Å². The molecule has 0 bridgehead atoms. The summed E-state index contributed by atoms with van der Waals surface area (Å²) in [6.07, 6.45) is 7.72. The van der Waals surface area contributed by atoms with Crippen molar-refractivity contribution in [1.29, 1.82) is 0 Å². The summed E-state index contributed by atoms with van der Waals surface area (Å²) in [7, 11) is 3.76. The number of carbonyl (C=O) groups excluding carboxylic acids is 1. The number of amides is 1. The van der Waals surface area contributed by atoms with Crippen molar-refractivity contribution in [2.45, 2.75) is 38.1 Å². The first-order valence-electron chi connectivity index (χ1n) is 8.51. The molecule has 4 nitrogen and oxygen atoms in total. The monoisotopic (exact) mass is 329 g/mol. The Morgan fingerprint density at radius 3 is 2.62 bits per heavy atom. The molecule has 1 aliphatic carbocycles. The van der Waals surface area contributed by atoms with Crippen molar-refractivity contribution in [1.82, 2.24) is 4.57 Å². The SMILES string of the molecule is CN(c1ccc(NC(=O)c2cccn2C)cc1F)C1CCCCC1. The Morgan fingerprint density at radius 1 is 1.25 bits per heavy atom. The number of aromatic nitrogens is 1. The van der Waals surface area contributed by atoms with E-state index < -0.39 is 0 Å². The number of anilines is 2. The highest BCUT2D eigenvalue weighted by atomic mass is 19.1. The van der Waals surface area contributed by atoms with Crippen LogP contribution in [-0.2, 0) is 7.05 Å². The summed E-state index contributed by atoms with van der Waals surface area (Å²) >= 11 is 0. The van der Waals surface area contributed by atoms with Crippen molar-refractivity contribution in [3.05, 3.63) is 48.0 Å². The summed E-state index contributed by atoms with van der Waals surface area (Å²) in [6.45, 7) is 0. The zero-order valence-corrected chi connectivity index (χ0v) is 14.3. The molecule has 1 fully saturated rings. The van der Waals surface area contributed by atoms with Crippen LogP contribution in [0.3, 0.4) is 0 Å².